The maximum absolute atomic E-state index is 12.9. The van der Waals surface area contributed by atoms with E-state index in [-0.39, 0.29) is 0 Å². The Labute approximate surface area is 190 Å². The van der Waals surface area contributed by atoms with Crippen molar-refractivity contribution in [2.75, 3.05) is 0 Å². The molecule has 0 aliphatic rings. The van der Waals surface area contributed by atoms with Crippen LogP contribution >= 0.6 is 0 Å². The second kappa shape index (κ2) is 24.7. The van der Waals surface area contributed by atoms with Crippen LogP contribution in [0, 0.1) is 5.92 Å². The van der Waals surface area contributed by atoms with E-state index in [1.165, 1.54) is 116 Å². The zero-order valence-corrected chi connectivity index (χ0v) is 21.0. The highest BCUT2D eigenvalue weighted by molar-refractivity contribution is 5.80. The van der Waals surface area contributed by atoms with Gasteiger partial charge in [0, 0.05) is 12.3 Å². The average Bonchev–Trinajstić information content (AvgIpc) is 2.75. The lowest BCUT2D eigenvalue weighted by molar-refractivity contribution is -0.123. The number of Topliss-reactive ketones (excluding diaryl/α,β-unsaturated/α-hetero) is 1. The molecule has 1 nitrogen and oxygen atoms in total. The number of carbonyl (C=O) groups is 1. The third-order valence-corrected chi connectivity index (χ3v) is 6.60. The summed E-state index contributed by atoms with van der Waals surface area (Å²) in [6.07, 6.45) is 31.3. The zero-order chi connectivity index (χ0) is 22.1. The molecule has 1 atom stereocenters. The summed E-state index contributed by atoms with van der Waals surface area (Å²) in [5, 5.41) is 0. The van der Waals surface area contributed by atoms with Crippen LogP contribution in [0.5, 0.6) is 0 Å². The summed E-state index contributed by atoms with van der Waals surface area (Å²) in [5.74, 6) is 0.940. The van der Waals surface area contributed by atoms with Crippen LogP contribution in [-0.4, -0.2) is 5.78 Å². The number of hydrogen-bond acceptors (Lipinski definition) is 1. The monoisotopic (exact) mass is 420 g/mol. The Morgan fingerprint density at radius 3 is 1.47 bits per heavy atom. The van der Waals surface area contributed by atoms with Gasteiger partial charge in [-0.15, -0.1) is 6.58 Å². The normalized spacial score (nSPS) is 12.2. The van der Waals surface area contributed by atoms with Gasteiger partial charge >= 0.3 is 0 Å². The van der Waals surface area contributed by atoms with Crippen molar-refractivity contribution >= 4 is 5.78 Å². The number of hydrogen-bond donors (Lipinski definition) is 0. The highest BCUT2D eigenvalue weighted by atomic mass is 16.1. The number of rotatable bonds is 25. The Balaban J connectivity index is 4.02. The second-order valence-corrected chi connectivity index (χ2v) is 9.58. The summed E-state index contributed by atoms with van der Waals surface area (Å²) >= 11 is 0. The van der Waals surface area contributed by atoms with Crippen molar-refractivity contribution in [3.05, 3.63) is 12.7 Å². The first kappa shape index (κ1) is 29.4. The Morgan fingerprint density at radius 1 is 0.600 bits per heavy atom. The van der Waals surface area contributed by atoms with E-state index < -0.39 is 0 Å². The van der Waals surface area contributed by atoms with Crippen molar-refractivity contribution in [3.8, 4) is 0 Å². The van der Waals surface area contributed by atoms with Crippen molar-refractivity contribution < 1.29 is 4.79 Å². The molecular weight excluding hydrogens is 364 g/mol. The minimum absolute atomic E-state index is 0.355. The van der Waals surface area contributed by atoms with Crippen LogP contribution in [0.1, 0.15) is 162 Å². The first-order chi connectivity index (χ1) is 14.8. The molecule has 0 saturated heterocycles. The van der Waals surface area contributed by atoms with Gasteiger partial charge in [-0.2, -0.15) is 0 Å². The van der Waals surface area contributed by atoms with Gasteiger partial charge in [0.1, 0.15) is 5.78 Å². The van der Waals surface area contributed by atoms with Gasteiger partial charge < -0.3 is 0 Å². The smallest absolute Gasteiger partial charge is 0.135 e. The Morgan fingerprint density at radius 2 is 1.00 bits per heavy atom. The van der Waals surface area contributed by atoms with E-state index in [0.717, 1.165) is 32.1 Å². The average molecular weight is 421 g/mol. The largest absolute Gasteiger partial charge is 0.299 e. The number of carbonyl (C=O) groups excluding carboxylic acids is 1. The highest BCUT2D eigenvalue weighted by Gasteiger charge is 2.17. The lowest BCUT2D eigenvalue weighted by Crippen LogP contribution is -2.14. The second-order valence-electron chi connectivity index (χ2n) is 9.58. The van der Waals surface area contributed by atoms with E-state index in [2.05, 4.69) is 20.4 Å². The lowest BCUT2D eigenvalue weighted by atomic mass is 9.88. The van der Waals surface area contributed by atoms with Gasteiger partial charge in [0.2, 0.25) is 0 Å². The molecule has 0 aromatic heterocycles. The Bertz CT molecular complexity index is 359. The predicted molar refractivity (Wildman–Crippen MR) is 136 cm³/mol. The molecule has 0 amide bonds. The molecule has 0 aromatic carbocycles. The van der Waals surface area contributed by atoms with Gasteiger partial charge in [0.05, 0.1) is 0 Å². The summed E-state index contributed by atoms with van der Waals surface area (Å²) in [6, 6.07) is 0. The van der Waals surface area contributed by atoms with E-state index in [9.17, 15) is 4.79 Å². The molecule has 178 valence electrons. The van der Waals surface area contributed by atoms with E-state index in [1.807, 2.05) is 6.08 Å². The minimum atomic E-state index is 0.355. The van der Waals surface area contributed by atoms with Gasteiger partial charge in [-0.3, -0.25) is 4.79 Å². The van der Waals surface area contributed by atoms with Crippen LogP contribution in [-0.2, 0) is 4.79 Å². The number of ketones is 1. The molecule has 0 heterocycles. The molecule has 0 aliphatic heterocycles. The van der Waals surface area contributed by atoms with E-state index in [4.69, 9.17) is 0 Å². The molecule has 0 radical (unpaired) electrons. The fourth-order valence-electron chi connectivity index (χ4n) is 4.48. The van der Waals surface area contributed by atoms with Crippen molar-refractivity contribution in [2.45, 2.75) is 162 Å². The van der Waals surface area contributed by atoms with Crippen molar-refractivity contribution in [1.29, 1.82) is 0 Å². The van der Waals surface area contributed by atoms with Crippen molar-refractivity contribution in [1.82, 2.24) is 0 Å². The SMILES string of the molecule is C=CCCCCCCCC(CCCCCCCC)C(=O)CCCCCCCCCC. The minimum Gasteiger partial charge on any atom is -0.299 e. The fourth-order valence-corrected chi connectivity index (χ4v) is 4.48. The summed E-state index contributed by atoms with van der Waals surface area (Å²) in [7, 11) is 0. The standard InChI is InChI=1S/C29H56O/c1-4-7-10-13-16-18-21-24-27-29(30)28(25-22-19-15-12-9-6-3)26-23-20-17-14-11-8-5-2/h5,28H,2,4,6-27H2,1,3H3. The first-order valence-electron chi connectivity index (χ1n) is 13.9. The summed E-state index contributed by atoms with van der Waals surface area (Å²) in [5.41, 5.74) is 0. The fraction of sp³-hybridized carbons (Fsp3) is 0.897. The van der Waals surface area contributed by atoms with Crippen LogP contribution < -0.4 is 0 Å². The van der Waals surface area contributed by atoms with Crippen molar-refractivity contribution in [2.24, 2.45) is 5.92 Å². The maximum atomic E-state index is 12.9. The molecular formula is C29H56O. The third-order valence-electron chi connectivity index (χ3n) is 6.60. The molecule has 0 bridgehead atoms. The molecule has 0 spiro atoms. The molecule has 1 unspecified atom stereocenters. The van der Waals surface area contributed by atoms with Gasteiger partial charge in [0.25, 0.3) is 0 Å². The molecule has 30 heavy (non-hydrogen) atoms. The number of allylic oxidation sites excluding steroid dienone is 1. The van der Waals surface area contributed by atoms with Crippen LogP contribution in [0.3, 0.4) is 0 Å². The van der Waals surface area contributed by atoms with Gasteiger partial charge in [-0.1, -0.05) is 129 Å². The van der Waals surface area contributed by atoms with Crippen molar-refractivity contribution in [3.63, 3.8) is 0 Å². The van der Waals surface area contributed by atoms with Crippen LogP contribution in [0.25, 0.3) is 0 Å². The topological polar surface area (TPSA) is 17.1 Å². The highest BCUT2D eigenvalue weighted by Crippen LogP contribution is 2.22. The first-order valence-corrected chi connectivity index (χ1v) is 13.9. The molecule has 0 saturated carbocycles. The quantitative estimate of drug-likeness (QED) is 0.106. The molecule has 0 aromatic rings. The zero-order valence-electron chi connectivity index (χ0n) is 21.0. The molecule has 0 N–H and O–H groups in total. The summed E-state index contributed by atoms with van der Waals surface area (Å²) < 4.78 is 0. The van der Waals surface area contributed by atoms with Gasteiger partial charge in [-0.05, 0) is 32.1 Å². The van der Waals surface area contributed by atoms with E-state index in [1.54, 1.807) is 0 Å². The van der Waals surface area contributed by atoms with Gasteiger partial charge in [0.15, 0.2) is 0 Å². The third kappa shape index (κ3) is 20.7. The van der Waals surface area contributed by atoms with E-state index >= 15 is 0 Å². The van der Waals surface area contributed by atoms with Gasteiger partial charge in [-0.25, -0.2) is 0 Å². The van der Waals surface area contributed by atoms with Crippen LogP contribution in [0.4, 0.5) is 0 Å². The lowest BCUT2D eigenvalue weighted by Gasteiger charge is -2.16. The number of unbranched alkanes of at least 4 members (excludes halogenated alkanes) is 17. The summed E-state index contributed by atoms with van der Waals surface area (Å²) in [6.45, 7) is 8.35. The predicted octanol–water partition coefficient (Wildman–Crippen LogP) is 10.4. The molecule has 0 fully saturated rings. The summed E-state index contributed by atoms with van der Waals surface area (Å²) in [4.78, 5) is 12.9. The van der Waals surface area contributed by atoms with Crippen LogP contribution in [0.2, 0.25) is 0 Å². The van der Waals surface area contributed by atoms with Crippen LogP contribution in [0.15, 0.2) is 12.7 Å². The Kier molecular flexibility index (Phi) is 24.2. The Hall–Kier alpha value is -0.590. The molecule has 0 aliphatic carbocycles. The maximum Gasteiger partial charge on any atom is 0.135 e. The molecule has 0 rings (SSSR count). The molecule has 1 heteroatoms. The van der Waals surface area contributed by atoms with E-state index in [0.29, 0.717) is 11.7 Å².